The summed E-state index contributed by atoms with van der Waals surface area (Å²) in [5.41, 5.74) is 0. The third-order valence-electron chi connectivity index (χ3n) is 3.27. The highest BCUT2D eigenvalue weighted by Gasteiger charge is 2.34. The van der Waals surface area contributed by atoms with Gasteiger partial charge in [-0.3, -0.25) is 0 Å². The standard InChI is InChI=1S/C12H26N2O2S/c1-4-6-13-7-5-8-17(15,16)14-10-11(2)9-12(14)3/h11-13H,4-10H2,1-3H3. The molecule has 0 aliphatic carbocycles. The molecule has 0 aromatic heterocycles. The van der Waals surface area contributed by atoms with Crippen LogP contribution in [0, 0.1) is 5.92 Å². The second-order valence-corrected chi connectivity index (χ2v) is 7.22. The van der Waals surface area contributed by atoms with Crippen LogP contribution in [0.1, 0.15) is 40.0 Å². The van der Waals surface area contributed by atoms with Crippen molar-refractivity contribution in [3.63, 3.8) is 0 Å². The average molecular weight is 262 g/mol. The third-order valence-corrected chi connectivity index (χ3v) is 5.29. The zero-order valence-corrected chi connectivity index (χ0v) is 12.1. The molecule has 0 amide bonds. The minimum Gasteiger partial charge on any atom is -0.317 e. The lowest BCUT2D eigenvalue weighted by molar-refractivity contribution is 0.404. The van der Waals surface area contributed by atoms with Crippen molar-refractivity contribution < 1.29 is 8.42 Å². The van der Waals surface area contributed by atoms with E-state index in [1.165, 1.54) is 0 Å². The molecule has 2 atom stereocenters. The van der Waals surface area contributed by atoms with Gasteiger partial charge in [-0.1, -0.05) is 13.8 Å². The van der Waals surface area contributed by atoms with Crippen molar-refractivity contribution in [2.75, 3.05) is 25.4 Å². The van der Waals surface area contributed by atoms with Crippen LogP contribution in [0.4, 0.5) is 0 Å². The van der Waals surface area contributed by atoms with Crippen LogP contribution < -0.4 is 5.32 Å². The van der Waals surface area contributed by atoms with E-state index in [1.54, 1.807) is 4.31 Å². The van der Waals surface area contributed by atoms with E-state index < -0.39 is 10.0 Å². The summed E-state index contributed by atoms with van der Waals surface area (Å²) < 4.78 is 25.9. The van der Waals surface area contributed by atoms with Crippen molar-refractivity contribution in [1.29, 1.82) is 0 Å². The molecular weight excluding hydrogens is 236 g/mol. The minimum absolute atomic E-state index is 0.179. The van der Waals surface area contributed by atoms with E-state index in [2.05, 4.69) is 19.2 Å². The Labute approximate surface area is 106 Å². The molecule has 0 radical (unpaired) electrons. The van der Waals surface area contributed by atoms with E-state index in [1.807, 2.05) is 6.92 Å². The molecule has 0 spiro atoms. The van der Waals surface area contributed by atoms with Crippen LogP contribution in [0.25, 0.3) is 0 Å². The molecule has 1 rings (SSSR count). The number of hydrogen-bond acceptors (Lipinski definition) is 3. The number of sulfonamides is 1. The number of nitrogens with one attached hydrogen (secondary N) is 1. The summed E-state index contributed by atoms with van der Waals surface area (Å²) in [6.07, 6.45) is 2.79. The number of hydrogen-bond donors (Lipinski definition) is 1. The van der Waals surface area contributed by atoms with E-state index in [4.69, 9.17) is 0 Å². The minimum atomic E-state index is -3.04. The van der Waals surface area contributed by atoms with Crippen LogP contribution in [-0.2, 0) is 10.0 Å². The molecule has 1 N–H and O–H groups in total. The van der Waals surface area contributed by atoms with Crippen LogP contribution in [0.15, 0.2) is 0 Å². The Morgan fingerprint density at radius 3 is 2.53 bits per heavy atom. The molecular formula is C12H26N2O2S. The predicted molar refractivity (Wildman–Crippen MR) is 71.5 cm³/mol. The highest BCUT2D eigenvalue weighted by Crippen LogP contribution is 2.25. The number of nitrogens with zero attached hydrogens (tertiary/aromatic N) is 1. The molecule has 4 nitrogen and oxygen atoms in total. The van der Waals surface area contributed by atoms with Crippen LogP contribution in [0.2, 0.25) is 0 Å². The fourth-order valence-electron chi connectivity index (χ4n) is 2.45. The molecule has 1 heterocycles. The van der Waals surface area contributed by atoms with Crippen LogP contribution in [-0.4, -0.2) is 44.2 Å². The Hall–Kier alpha value is -0.130. The Morgan fingerprint density at radius 1 is 1.29 bits per heavy atom. The molecule has 1 aliphatic rings. The topological polar surface area (TPSA) is 49.4 Å². The molecule has 5 heteroatoms. The van der Waals surface area contributed by atoms with Gasteiger partial charge in [-0.25, -0.2) is 8.42 Å². The quantitative estimate of drug-likeness (QED) is 0.706. The molecule has 0 aromatic carbocycles. The lowest BCUT2D eigenvalue weighted by Gasteiger charge is -2.20. The summed E-state index contributed by atoms with van der Waals surface area (Å²) in [6, 6.07) is 0.179. The zero-order valence-electron chi connectivity index (χ0n) is 11.3. The van der Waals surface area contributed by atoms with Crippen molar-refractivity contribution in [3.05, 3.63) is 0 Å². The molecule has 1 aliphatic heterocycles. The molecule has 2 unspecified atom stereocenters. The van der Waals surface area contributed by atoms with Gasteiger partial charge < -0.3 is 5.32 Å². The van der Waals surface area contributed by atoms with Gasteiger partial charge in [0.1, 0.15) is 0 Å². The number of rotatable bonds is 7. The smallest absolute Gasteiger partial charge is 0.214 e. The van der Waals surface area contributed by atoms with Gasteiger partial charge in [0, 0.05) is 12.6 Å². The monoisotopic (exact) mass is 262 g/mol. The van der Waals surface area contributed by atoms with Crippen LogP contribution in [0.3, 0.4) is 0 Å². The molecule has 1 fully saturated rings. The van der Waals surface area contributed by atoms with Gasteiger partial charge in [0.2, 0.25) is 10.0 Å². The molecule has 102 valence electrons. The second-order valence-electron chi connectivity index (χ2n) is 5.18. The first-order chi connectivity index (χ1) is 7.97. The Balaban J connectivity index is 2.35. The van der Waals surface area contributed by atoms with Crippen molar-refractivity contribution >= 4 is 10.0 Å². The van der Waals surface area contributed by atoms with Crippen molar-refractivity contribution in [3.8, 4) is 0 Å². The largest absolute Gasteiger partial charge is 0.317 e. The Bertz CT molecular complexity index is 316. The van der Waals surface area contributed by atoms with E-state index in [0.29, 0.717) is 18.9 Å². The maximum Gasteiger partial charge on any atom is 0.214 e. The summed E-state index contributed by atoms with van der Waals surface area (Å²) in [6.45, 7) is 8.70. The third kappa shape index (κ3) is 4.56. The summed E-state index contributed by atoms with van der Waals surface area (Å²) in [7, 11) is -3.04. The first-order valence-corrected chi connectivity index (χ1v) is 8.28. The van der Waals surface area contributed by atoms with Crippen molar-refractivity contribution in [2.24, 2.45) is 5.92 Å². The zero-order chi connectivity index (χ0) is 12.9. The van der Waals surface area contributed by atoms with Crippen LogP contribution in [0.5, 0.6) is 0 Å². The van der Waals surface area contributed by atoms with Gasteiger partial charge in [-0.05, 0) is 45.2 Å². The summed E-state index contributed by atoms with van der Waals surface area (Å²) >= 11 is 0. The van der Waals surface area contributed by atoms with E-state index in [-0.39, 0.29) is 11.8 Å². The molecule has 0 saturated carbocycles. The molecule has 1 saturated heterocycles. The van der Waals surface area contributed by atoms with Gasteiger partial charge >= 0.3 is 0 Å². The first-order valence-electron chi connectivity index (χ1n) is 6.67. The SMILES string of the molecule is CCCNCCCS(=O)(=O)N1CC(C)CC1C. The highest BCUT2D eigenvalue weighted by molar-refractivity contribution is 7.89. The maximum atomic E-state index is 12.1. The first kappa shape index (κ1) is 14.9. The van der Waals surface area contributed by atoms with Gasteiger partial charge in [0.25, 0.3) is 0 Å². The van der Waals surface area contributed by atoms with Gasteiger partial charge in [0.15, 0.2) is 0 Å². The Morgan fingerprint density at radius 2 is 2.00 bits per heavy atom. The van der Waals surface area contributed by atoms with Crippen molar-refractivity contribution in [1.82, 2.24) is 9.62 Å². The Kier molecular flexibility index (Phi) is 5.89. The lowest BCUT2D eigenvalue weighted by atomic mass is 10.1. The molecule has 17 heavy (non-hydrogen) atoms. The van der Waals surface area contributed by atoms with E-state index in [0.717, 1.165) is 25.9 Å². The fraction of sp³-hybridized carbons (Fsp3) is 1.00. The van der Waals surface area contributed by atoms with Gasteiger partial charge in [-0.15, -0.1) is 0 Å². The highest BCUT2D eigenvalue weighted by atomic mass is 32.2. The summed E-state index contributed by atoms with van der Waals surface area (Å²) in [5, 5.41) is 3.24. The second kappa shape index (κ2) is 6.71. The lowest BCUT2D eigenvalue weighted by Crippen LogP contribution is -2.36. The van der Waals surface area contributed by atoms with E-state index >= 15 is 0 Å². The average Bonchev–Trinajstić information content (AvgIpc) is 2.58. The molecule has 0 bridgehead atoms. The van der Waals surface area contributed by atoms with Gasteiger partial charge in [0.05, 0.1) is 5.75 Å². The van der Waals surface area contributed by atoms with Crippen LogP contribution >= 0.6 is 0 Å². The van der Waals surface area contributed by atoms with E-state index in [9.17, 15) is 8.42 Å². The van der Waals surface area contributed by atoms with Crippen molar-refractivity contribution in [2.45, 2.75) is 46.1 Å². The predicted octanol–water partition coefficient (Wildman–Crippen LogP) is 1.44. The normalized spacial score (nSPS) is 26.5. The summed E-state index contributed by atoms with van der Waals surface area (Å²) in [4.78, 5) is 0. The fourth-order valence-corrected chi connectivity index (χ4v) is 4.31. The maximum absolute atomic E-state index is 12.1. The molecule has 0 aromatic rings. The summed E-state index contributed by atoms with van der Waals surface area (Å²) in [5.74, 6) is 0.777. The van der Waals surface area contributed by atoms with Gasteiger partial charge in [-0.2, -0.15) is 4.31 Å².